The van der Waals surface area contributed by atoms with E-state index in [4.69, 9.17) is 0 Å². The van der Waals surface area contributed by atoms with Crippen LogP contribution in [0.5, 0.6) is 0 Å². The van der Waals surface area contributed by atoms with Crippen LogP contribution in [0.4, 0.5) is 5.69 Å². The molecular formula is C19H27N5O2. The maximum absolute atomic E-state index is 12.9. The summed E-state index contributed by atoms with van der Waals surface area (Å²) in [6, 6.07) is 7.72. The Kier molecular flexibility index (Phi) is 4.82. The molecule has 0 radical (unpaired) electrons. The molecule has 0 aromatic heterocycles. The van der Waals surface area contributed by atoms with E-state index >= 15 is 0 Å². The minimum Gasteiger partial charge on any atom is -0.369 e. The molecule has 0 spiro atoms. The minimum absolute atomic E-state index is 0.0213. The number of amides is 2. The summed E-state index contributed by atoms with van der Waals surface area (Å²) < 4.78 is 0. The number of benzene rings is 1. The number of carbonyl (C=O) groups is 2. The molecule has 26 heavy (non-hydrogen) atoms. The van der Waals surface area contributed by atoms with Gasteiger partial charge in [0, 0.05) is 70.2 Å². The molecule has 0 aliphatic carbocycles. The number of hydrogen-bond acceptors (Lipinski definition) is 5. The molecule has 0 unspecified atom stereocenters. The van der Waals surface area contributed by atoms with Crippen LogP contribution in [0.3, 0.4) is 0 Å². The van der Waals surface area contributed by atoms with E-state index in [0.717, 1.165) is 39.3 Å². The first-order chi connectivity index (χ1) is 12.6. The average molecular weight is 357 g/mol. The van der Waals surface area contributed by atoms with Crippen LogP contribution < -0.4 is 10.2 Å². The highest BCUT2D eigenvalue weighted by molar-refractivity contribution is 5.95. The molecule has 1 aromatic rings. The van der Waals surface area contributed by atoms with Gasteiger partial charge in [-0.25, -0.2) is 0 Å². The first-order valence-electron chi connectivity index (χ1n) is 9.46. The van der Waals surface area contributed by atoms with Crippen LogP contribution in [-0.2, 0) is 4.79 Å². The Morgan fingerprint density at radius 2 is 1.73 bits per heavy atom. The van der Waals surface area contributed by atoms with E-state index in [1.807, 2.05) is 29.2 Å². The van der Waals surface area contributed by atoms with Gasteiger partial charge >= 0.3 is 0 Å². The summed E-state index contributed by atoms with van der Waals surface area (Å²) in [5.74, 6) is 0.0621. The van der Waals surface area contributed by atoms with E-state index in [1.165, 1.54) is 5.69 Å². The third-order valence-electron chi connectivity index (χ3n) is 5.76. The van der Waals surface area contributed by atoms with Gasteiger partial charge in [0.25, 0.3) is 5.91 Å². The third-order valence-corrected chi connectivity index (χ3v) is 5.76. The van der Waals surface area contributed by atoms with E-state index in [9.17, 15) is 9.59 Å². The van der Waals surface area contributed by atoms with Crippen LogP contribution >= 0.6 is 0 Å². The molecule has 0 bridgehead atoms. The van der Waals surface area contributed by atoms with Crippen molar-refractivity contribution in [2.75, 3.05) is 70.9 Å². The predicted molar refractivity (Wildman–Crippen MR) is 100 cm³/mol. The standard InChI is InChI=1S/C19H27N5O2/c1-21-8-10-22(11-9-21)16-4-2-15(3-5-16)19(26)24-13-12-23-7-6-20-18(25)17(23)14-24/h2-5,17H,6-14H2,1H3,(H,20,25)/t17-/m0/s1. The minimum atomic E-state index is -0.203. The van der Waals surface area contributed by atoms with Crippen molar-refractivity contribution in [3.05, 3.63) is 29.8 Å². The van der Waals surface area contributed by atoms with Crippen molar-refractivity contribution in [1.82, 2.24) is 20.0 Å². The lowest BCUT2D eigenvalue weighted by Crippen LogP contribution is -2.64. The number of fused-ring (bicyclic) bond motifs is 1. The summed E-state index contributed by atoms with van der Waals surface area (Å²) in [6.45, 7) is 7.67. The van der Waals surface area contributed by atoms with Crippen molar-refractivity contribution in [2.24, 2.45) is 0 Å². The van der Waals surface area contributed by atoms with Gasteiger partial charge in [0.15, 0.2) is 0 Å². The highest BCUT2D eigenvalue weighted by Gasteiger charge is 2.36. The van der Waals surface area contributed by atoms with Gasteiger partial charge in [0.05, 0.1) is 0 Å². The molecule has 1 atom stereocenters. The summed E-state index contributed by atoms with van der Waals surface area (Å²) in [7, 11) is 2.14. The number of nitrogens with zero attached hydrogens (tertiary/aromatic N) is 4. The zero-order valence-electron chi connectivity index (χ0n) is 15.4. The number of carbonyl (C=O) groups excluding carboxylic acids is 2. The summed E-state index contributed by atoms with van der Waals surface area (Å²) >= 11 is 0. The van der Waals surface area contributed by atoms with Crippen LogP contribution in [0.25, 0.3) is 0 Å². The van der Waals surface area contributed by atoms with Crippen molar-refractivity contribution in [3.63, 3.8) is 0 Å². The SMILES string of the molecule is CN1CCN(c2ccc(C(=O)N3CCN4CCNC(=O)[C@@H]4C3)cc2)CC1. The molecule has 2 amide bonds. The van der Waals surface area contributed by atoms with Gasteiger partial charge in [-0.2, -0.15) is 0 Å². The van der Waals surface area contributed by atoms with Crippen LogP contribution in [0.15, 0.2) is 24.3 Å². The molecular weight excluding hydrogens is 330 g/mol. The summed E-state index contributed by atoms with van der Waals surface area (Å²) in [5.41, 5.74) is 1.87. The molecule has 1 N–H and O–H groups in total. The predicted octanol–water partition coefficient (Wildman–Crippen LogP) is -0.305. The van der Waals surface area contributed by atoms with Crippen LogP contribution in [0, 0.1) is 0 Å². The number of rotatable bonds is 2. The van der Waals surface area contributed by atoms with Crippen molar-refractivity contribution >= 4 is 17.5 Å². The van der Waals surface area contributed by atoms with E-state index in [2.05, 4.69) is 27.1 Å². The fourth-order valence-corrected chi connectivity index (χ4v) is 4.02. The van der Waals surface area contributed by atoms with Crippen LogP contribution in [-0.4, -0.2) is 98.5 Å². The molecule has 3 aliphatic rings. The molecule has 140 valence electrons. The lowest BCUT2D eigenvalue weighted by Gasteiger charge is -2.43. The number of piperazine rings is 3. The smallest absolute Gasteiger partial charge is 0.253 e. The Labute approximate surface area is 154 Å². The molecule has 0 saturated carbocycles. The highest BCUT2D eigenvalue weighted by Crippen LogP contribution is 2.20. The van der Waals surface area contributed by atoms with E-state index < -0.39 is 0 Å². The van der Waals surface area contributed by atoms with Gasteiger partial charge in [0.1, 0.15) is 6.04 Å². The number of likely N-dealkylation sites (N-methyl/N-ethyl adjacent to an activating group) is 1. The van der Waals surface area contributed by atoms with Crippen molar-refractivity contribution in [3.8, 4) is 0 Å². The molecule has 7 nitrogen and oxygen atoms in total. The van der Waals surface area contributed by atoms with E-state index in [1.54, 1.807) is 0 Å². The molecule has 3 fully saturated rings. The fourth-order valence-electron chi connectivity index (χ4n) is 4.02. The maximum atomic E-state index is 12.9. The zero-order valence-corrected chi connectivity index (χ0v) is 15.4. The Morgan fingerprint density at radius 3 is 2.46 bits per heavy atom. The van der Waals surface area contributed by atoms with Crippen molar-refractivity contribution < 1.29 is 9.59 Å². The first-order valence-corrected chi connectivity index (χ1v) is 9.46. The monoisotopic (exact) mass is 357 g/mol. The summed E-state index contributed by atoms with van der Waals surface area (Å²) in [4.78, 5) is 33.6. The van der Waals surface area contributed by atoms with Gasteiger partial charge in [-0.15, -0.1) is 0 Å². The summed E-state index contributed by atoms with van der Waals surface area (Å²) in [6.07, 6.45) is 0. The fraction of sp³-hybridized carbons (Fsp3) is 0.579. The zero-order chi connectivity index (χ0) is 18.1. The normalized spacial score (nSPS) is 25.0. The van der Waals surface area contributed by atoms with Gasteiger partial charge in [-0.3, -0.25) is 14.5 Å². The van der Waals surface area contributed by atoms with Gasteiger partial charge in [-0.1, -0.05) is 0 Å². The topological polar surface area (TPSA) is 59.1 Å². The van der Waals surface area contributed by atoms with E-state index in [0.29, 0.717) is 25.2 Å². The quantitative estimate of drug-likeness (QED) is 0.787. The summed E-state index contributed by atoms with van der Waals surface area (Å²) in [5, 5.41) is 2.90. The molecule has 3 aliphatic heterocycles. The molecule has 3 saturated heterocycles. The molecule has 7 heteroatoms. The molecule has 1 aromatic carbocycles. The molecule has 3 heterocycles. The second kappa shape index (κ2) is 7.25. The lowest BCUT2D eigenvalue weighted by atomic mass is 10.1. The number of hydrogen-bond donors (Lipinski definition) is 1. The number of nitrogens with one attached hydrogen (secondary N) is 1. The highest BCUT2D eigenvalue weighted by atomic mass is 16.2. The third kappa shape index (κ3) is 3.41. The second-order valence-corrected chi connectivity index (χ2v) is 7.43. The Morgan fingerprint density at radius 1 is 1.00 bits per heavy atom. The first kappa shape index (κ1) is 17.3. The second-order valence-electron chi connectivity index (χ2n) is 7.43. The van der Waals surface area contributed by atoms with Gasteiger partial charge in [-0.05, 0) is 31.3 Å². The van der Waals surface area contributed by atoms with Gasteiger partial charge < -0.3 is 20.0 Å². The maximum Gasteiger partial charge on any atom is 0.253 e. The Bertz CT molecular complexity index is 669. The van der Waals surface area contributed by atoms with Crippen LogP contribution in [0.1, 0.15) is 10.4 Å². The van der Waals surface area contributed by atoms with Gasteiger partial charge in [0.2, 0.25) is 5.91 Å². The average Bonchev–Trinajstić information content (AvgIpc) is 2.68. The largest absolute Gasteiger partial charge is 0.369 e. The van der Waals surface area contributed by atoms with Crippen molar-refractivity contribution in [2.45, 2.75) is 6.04 Å². The van der Waals surface area contributed by atoms with Crippen molar-refractivity contribution in [1.29, 1.82) is 0 Å². The number of anilines is 1. The van der Waals surface area contributed by atoms with Crippen LogP contribution in [0.2, 0.25) is 0 Å². The Hall–Kier alpha value is -2.12. The molecule has 4 rings (SSSR count). The Balaban J connectivity index is 1.41. The van der Waals surface area contributed by atoms with E-state index in [-0.39, 0.29) is 17.9 Å². The lowest BCUT2D eigenvalue weighted by molar-refractivity contribution is -0.131.